The maximum absolute atomic E-state index is 11.5. The fourth-order valence-corrected chi connectivity index (χ4v) is 1.77. The lowest BCUT2D eigenvalue weighted by Gasteiger charge is -2.21. The van der Waals surface area contributed by atoms with Crippen LogP contribution in [0.5, 0.6) is 0 Å². The molecule has 0 bridgehead atoms. The van der Waals surface area contributed by atoms with E-state index in [1.807, 2.05) is 0 Å². The van der Waals surface area contributed by atoms with Crippen molar-refractivity contribution in [2.45, 2.75) is 25.8 Å². The van der Waals surface area contributed by atoms with E-state index in [-0.39, 0.29) is 12.2 Å². The first-order chi connectivity index (χ1) is 7.90. The quantitative estimate of drug-likeness (QED) is 0.460. The van der Waals surface area contributed by atoms with Crippen LogP contribution in [-0.2, 0) is 11.2 Å². The predicted molar refractivity (Wildman–Crippen MR) is 68.4 cm³/mol. The van der Waals surface area contributed by atoms with Crippen LogP contribution in [0.4, 0.5) is 0 Å². The van der Waals surface area contributed by atoms with E-state index in [9.17, 15) is 4.79 Å². The molecule has 0 heterocycles. The number of halogens is 2. The highest BCUT2D eigenvalue weighted by atomic mass is 35.5. The van der Waals surface area contributed by atoms with Crippen molar-refractivity contribution >= 4 is 29.0 Å². The lowest BCUT2D eigenvalue weighted by atomic mass is 9.90. The Morgan fingerprint density at radius 3 is 2.71 bits per heavy atom. The number of Topliss-reactive ketones (excluding diaryl/α,β-unsaturated/α-hetero) is 1. The average molecular weight is 272 g/mol. The van der Waals surface area contributed by atoms with Gasteiger partial charge in [-0.3, -0.25) is 4.79 Å². The molecule has 0 saturated heterocycles. The highest BCUT2D eigenvalue weighted by Crippen LogP contribution is 2.29. The average Bonchev–Trinajstić information content (AvgIpc) is 2.25. The molecule has 4 nitrogen and oxygen atoms in total. The van der Waals surface area contributed by atoms with Gasteiger partial charge >= 0.3 is 0 Å². The first-order valence-electron chi connectivity index (χ1n) is 4.91. The molecule has 0 radical (unpaired) electrons. The van der Waals surface area contributed by atoms with Crippen LogP contribution in [0.1, 0.15) is 19.4 Å². The number of carbonyl (C=O) groups is 1. The summed E-state index contributed by atoms with van der Waals surface area (Å²) in [6.45, 7) is 2.96. The van der Waals surface area contributed by atoms with E-state index in [1.165, 1.54) is 6.92 Å². The number of hydrogen-bond donors (Lipinski definition) is 0. The van der Waals surface area contributed by atoms with Crippen molar-refractivity contribution in [3.05, 3.63) is 44.3 Å². The molecule has 0 fully saturated rings. The molecule has 1 aromatic rings. The van der Waals surface area contributed by atoms with E-state index in [4.69, 9.17) is 28.7 Å². The molecule has 1 atom stereocenters. The van der Waals surface area contributed by atoms with Crippen molar-refractivity contribution < 1.29 is 4.79 Å². The van der Waals surface area contributed by atoms with Gasteiger partial charge in [0.15, 0.2) is 0 Å². The Morgan fingerprint density at radius 2 is 2.18 bits per heavy atom. The van der Waals surface area contributed by atoms with Crippen LogP contribution in [-0.4, -0.2) is 11.3 Å². The summed E-state index contributed by atoms with van der Waals surface area (Å²) in [4.78, 5) is 14.2. The zero-order chi connectivity index (χ0) is 13.1. The van der Waals surface area contributed by atoms with Gasteiger partial charge in [-0.05, 0) is 37.4 Å². The zero-order valence-electron chi connectivity index (χ0n) is 9.44. The number of nitrogens with zero attached hydrogens (tertiary/aromatic N) is 3. The van der Waals surface area contributed by atoms with Gasteiger partial charge in [0.25, 0.3) is 0 Å². The summed E-state index contributed by atoms with van der Waals surface area (Å²) in [7, 11) is 0. The molecule has 90 valence electrons. The number of benzene rings is 1. The van der Waals surface area contributed by atoms with Crippen molar-refractivity contribution in [1.82, 2.24) is 0 Å². The van der Waals surface area contributed by atoms with Gasteiger partial charge in [0.2, 0.25) is 0 Å². The van der Waals surface area contributed by atoms with Gasteiger partial charge in [0.05, 0.1) is 10.0 Å². The molecule has 0 spiro atoms. The summed E-state index contributed by atoms with van der Waals surface area (Å²) >= 11 is 11.9. The molecule has 0 saturated carbocycles. The van der Waals surface area contributed by atoms with E-state index in [2.05, 4.69) is 10.0 Å². The molecule has 0 aliphatic heterocycles. The van der Waals surface area contributed by atoms with E-state index in [0.29, 0.717) is 15.6 Å². The minimum absolute atomic E-state index is 0.216. The van der Waals surface area contributed by atoms with E-state index in [0.717, 1.165) is 0 Å². The smallest absolute Gasteiger partial charge is 0.141 e. The fraction of sp³-hybridized carbons (Fsp3) is 0.364. The third-order valence-electron chi connectivity index (χ3n) is 2.59. The van der Waals surface area contributed by atoms with Crippen molar-refractivity contribution in [2.75, 3.05) is 0 Å². The first-order valence-corrected chi connectivity index (χ1v) is 5.66. The summed E-state index contributed by atoms with van der Waals surface area (Å²) in [6, 6.07) is 5.15. The summed E-state index contributed by atoms with van der Waals surface area (Å²) < 4.78 is 0. The van der Waals surface area contributed by atoms with E-state index < -0.39 is 5.54 Å². The Bertz CT molecular complexity index is 493. The van der Waals surface area contributed by atoms with Crippen molar-refractivity contribution in [2.24, 2.45) is 5.11 Å². The molecular formula is C11H11Cl2N3O. The van der Waals surface area contributed by atoms with Crippen LogP contribution in [0, 0.1) is 0 Å². The Morgan fingerprint density at radius 1 is 1.53 bits per heavy atom. The summed E-state index contributed by atoms with van der Waals surface area (Å²) in [5.74, 6) is -0.216. The minimum atomic E-state index is -1.14. The Labute approximate surface area is 109 Å². The fourth-order valence-electron chi connectivity index (χ4n) is 1.38. The number of ketones is 1. The van der Waals surface area contributed by atoms with Crippen LogP contribution >= 0.6 is 23.2 Å². The lowest BCUT2D eigenvalue weighted by molar-refractivity contribution is -0.121. The molecule has 1 rings (SSSR count). The second-order valence-electron chi connectivity index (χ2n) is 3.91. The Balaban J connectivity index is 3.15. The molecule has 6 heteroatoms. The highest BCUT2D eigenvalue weighted by Gasteiger charge is 2.29. The van der Waals surface area contributed by atoms with Gasteiger partial charge in [-0.2, -0.15) is 0 Å². The molecule has 0 aromatic heterocycles. The molecular weight excluding hydrogens is 261 g/mol. The van der Waals surface area contributed by atoms with Crippen LogP contribution in [0.15, 0.2) is 23.3 Å². The summed E-state index contributed by atoms with van der Waals surface area (Å²) in [5.41, 5.74) is 8.05. The maximum Gasteiger partial charge on any atom is 0.141 e. The van der Waals surface area contributed by atoms with Crippen LogP contribution < -0.4 is 0 Å². The van der Waals surface area contributed by atoms with E-state index >= 15 is 0 Å². The number of carbonyl (C=O) groups excluding carboxylic acids is 1. The third kappa shape index (κ3) is 3.13. The third-order valence-corrected chi connectivity index (χ3v) is 3.45. The molecule has 17 heavy (non-hydrogen) atoms. The molecule has 0 aliphatic rings. The summed E-state index contributed by atoms with van der Waals surface area (Å²) in [5, 5.41) is 4.35. The van der Waals surface area contributed by atoms with Gasteiger partial charge in [-0.15, -0.1) is 0 Å². The molecule has 0 amide bonds. The predicted octanol–water partition coefficient (Wildman–Crippen LogP) is 4.19. The standard InChI is InChI=1S/C11H11Cl2N3O/c1-7(17)11(2,15-16-14)6-8-4-3-5-9(12)10(8)13/h3-5H,6H2,1-2H3. The second-order valence-corrected chi connectivity index (χ2v) is 4.69. The number of azide groups is 1. The van der Waals surface area contributed by atoms with Gasteiger partial charge in [-0.1, -0.05) is 40.4 Å². The molecule has 0 N–H and O–H groups in total. The SMILES string of the molecule is CC(=O)C(C)(Cc1cccc(Cl)c1Cl)N=[N+]=[N-]. The van der Waals surface area contributed by atoms with Crippen molar-refractivity contribution in [1.29, 1.82) is 0 Å². The summed E-state index contributed by atoms with van der Waals surface area (Å²) in [6.07, 6.45) is 0.228. The maximum atomic E-state index is 11.5. The Kier molecular flexibility index (Phi) is 4.40. The van der Waals surface area contributed by atoms with Gasteiger partial charge in [0.1, 0.15) is 11.3 Å². The van der Waals surface area contributed by atoms with Crippen LogP contribution in [0.3, 0.4) is 0 Å². The lowest BCUT2D eigenvalue weighted by Crippen LogP contribution is -2.33. The van der Waals surface area contributed by atoms with Crippen LogP contribution in [0.2, 0.25) is 10.0 Å². The molecule has 1 unspecified atom stereocenters. The van der Waals surface area contributed by atoms with Crippen LogP contribution in [0.25, 0.3) is 10.4 Å². The zero-order valence-corrected chi connectivity index (χ0v) is 11.0. The second kappa shape index (κ2) is 5.41. The van der Waals surface area contributed by atoms with Gasteiger partial charge in [-0.25, -0.2) is 0 Å². The van der Waals surface area contributed by atoms with Gasteiger partial charge < -0.3 is 0 Å². The number of hydrogen-bond acceptors (Lipinski definition) is 2. The van der Waals surface area contributed by atoms with Crippen molar-refractivity contribution in [3.63, 3.8) is 0 Å². The number of rotatable bonds is 4. The minimum Gasteiger partial charge on any atom is -0.299 e. The Hall–Kier alpha value is -1.22. The molecule has 1 aromatic carbocycles. The van der Waals surface area contributed by atoms with Crippen molar-refractivity contribution in [3.8, 4) is 0 Å². The largest absolute Gasteiger partial charge is 0.299 e. The normalized spacial score (nSPS) is 13.6. The highest BCUT2D eigenvalue weighted by molar-refractivity contribution is 6.42. The molecule has 0 aliphatic carbocycles. The monoisotopic (exact) mass is 271 g/mol. The van der Waals surface area contributed by atoms with E-state index in [1.54, 1.807) is 25.1 Å². The van der Waals surface area contributed by atoms with Gasteiger partial charge in [0, 0.05) is 4.91 Å². The topological polar surface area (TPSA) is 65.8 Å². The first kappa shape index (κ1) is 13.8.